The van der Waals surface area contributed by atoms with Gasteiger partial charge in [0.1, 0.15) is 5.75 Å². The summed E-state index contributed by atoms with van der Waals surface area (Å²) in [6, 6.07) is 10.8. The summed E-state index contributed by atoms with van der Waals surface area (Å²) in [7, 11) is 0. The number of phenolic OH excluding ortho intramolecular Hbond substituents is 1. The summed E-state index contributed by atoms with van der Waals surface area (Å²) in [5.41, 5.74) is 2.86. The molecule has 8 nitrogen and oxygen atoms in total. The summed E-state index contributed by atoms with van der Waals surface area (Å²) in [6.45, 7) is 1.88. The van der Waals surface area contributed by atoms with Crippen LogP contribution in [0.1, 0.15) is 56.9 Å². The van der Waals surface area contributed by atoms with Gasteiger partial charge in [-0.05, 0) is 61.6 Å². The molecule has 1 heterocycles. The van der Waals surface area contributed by atoms with Gasteiger partial charge in [0.15, 0.2) is 11.6 Å². The normalized spacial score (nSPS) is 25.6. The number of unbranched alkanes of at least 4 members (excludes halogenated alkanes) is 2. The maximum absolute atomic E-state index is 13.8. The van der Waals surface area contributed by atoms with Gasteiger partial charge in [-0.3, -0.25) is 28.9 Å². The van der Waals surface area contributed by atoms with Gasteiger partial charge in [-0.2, -0.15) is 0 Å². The number of carbonyl (C=O) groups is 5. The number of carboxylic acids is 1. The van der Waals surface area contributed by atoms with E-state index in [-0.39, 0.29) is 48.5 Å². The number of hydrogen-bond acceptors (Lipinski definition) is 6. The summed E-state index contributed by atoms with van der Waals surface area (Å²) in [5.74, 6) is -3.82. The van der Waals surface area contributed by atoms with Gasteiger partial charge in [-0.1, -0.05) is 48.4 Å². The first-order chi connectivity index (χ1) is 19.7. The van der Waals surface area contributed by atoms with Gasteiger partial charge in [0, 0.05) is 41.0 Å². The van der Waals surface area contributed by atoms with Crippen LogP contribution in [0.5, 0.6) is 5.75 Å². The van der Waals surface area contributed by atoms with Crippen molar-refractivity contribution >= 4 is 40.1 Å². The van der Waals surface area contributed by atoms with Crippen LogP contribution in [0.2, 0.25) is 0 Å². The van der Waals surface area contributed by atoms with E-state index in [1.807, 2.05) is 30.3 Å². The molecule has 3 aliphatic carbocycles. The molecule has 0 saturated carbocycles. The topological polar surface area (TPSA) is 129 Å². The van der Waals surface area contributed by atoms with E-state index in [1.165, 1.54) is 11.0 Å². The van der Waals surface area contributed by atoms with Crippen molar-refractivity contribution in [3.63, 3.8) is 0 Å². The number of phenols is 1. The minimum absolute atomic E-state index is 0.0495. The Kier molecular flexibility index (Phi) is 6.72. The Labute approximate surface area is 237 Å². The minimum Gasteiger partial charge on any atom is -0.507 e. The predicted molar refractivity (Wildman–Crippen MR) is 150 cm³/mol. The number of nitrogens with zero attached hydrogens (tertiary/aromatic N) is 1. The van der Waals surface area contributed by atoms with E-state index in [1.54, 1.807) is 19.1 Å². The van der Waals surface area contributed by atoms with Crippen LogP contribution < -0.4 is 0 Å². The molecule has 0 spiro atoms. The first-order valence-corrected chi connectivity index (χ1v) is 14.2. The molecule has 0 bridgehead atoms. The second-order valence-electron chi connectivity index (χ2n) is 11.5. The van der Waals surface area contributed by atoms with Crippen LogP contribution in [0, 0.1) is 17.8 Å². The van der Waals surface area contributed by atoms with Gasteiger partial charge in [-0.15, -0.1) is 0 Å². The van der Waals surface area contributed by atoms with Crippen LogP contribution in [0.25, 0.3) is 10.8 Å². The Bertz CT molecular complexity index is 1630. The van der Waals surface area contributed by atoms with Crippen LogP contribution in [0.3, 0.4) is 0 Å². The van der Waals surface area contributed by atoms with Gasteiger partial charge < -0.3 is 10.2 Å². The number of benzene rings is 2. The number of aliphatic carboxylic acids is 1. The lowest BCUT2D eigenvalue weighted by Gasteiger charge is -2.42. The summed E-state index contributed by atoms with van der Waals surface area (Å²) >= 11 is 0. The zero-order valence-corrected chi connectivity index (χ0v) is 22.8. The molecule has 1 aliphatic heterocycles. The monoisotopic (exact) mass is 553 g/mol. The molecular formula is C33H31NO7. The summed E-state index contributed by atoms with van der Waals surface area (Å²) in [6.07, 6.45) is 5.60. The Morgan fingerprint density at radius 1 is 0.951 bits per heavy atom. The lowest BCUT2D eigenvalue weighted by Crippen LogP contribution is -2.40. The highest BCUT2D eigenvalue weighted by Gasteiger charge is 2.56. The average molecular weight is 554 g/mol. The number of allylic oxidation sites excluding steroid dienone is 6. The van der Waals surface area contributed by atoms with E-state index in [4.69, 9.17) is 5.11 Å². The second-order valence-corrected chi connectivity index (χ2v) is 11.5. The van der Waals surface area contributed by atoms with Crippen molar-refractivity contribution < 1.29 is 34.2 Å². The van der Waals surface area contributed by atoms with Gasteiger partial charge in [-0.25, -0.2) is 0 Å². The third-order valence-electron chi connectivity index (χ3n) is 9.17. The number of aromatic hydroxyl groups is 1. The third kappa shape index (κ3) is 4.33. The smallest absolute Gasteiger partial charge is 0.303 e. The van der Waals surface area contributed by atoms with Crippen molar-refractivity contribution in [3.05, 3.63) is 76.4 Å². The van der Waals surface area contributed by atoms with E-state index in [0.29, 0.717) is 47.8 Å². The molecule has 2 aromatic rings. The van der Waals surface area contributed by atoms with Crippen LogP contribution in [-0.2, 0) is 24.0 Å². The molecule has 2 aromatic carbocycles. The average Bonchev–Trinajstić information content (AvgIpc) is 3.20. The highest BCUT2D eigenvalue weighted by molar-refractivity contribution is 6.24. The van der Waals surface area contributed by atoms with Gasteiger partial charge in [0.25, 0.3) is 0 Å². The number of carbonyl (C=O) groups excluding carboxylic acids is 4. The van der Waals surface area contributed by atoms with Crippen LogP contribution in [-0.4, -0.2) is 51.0 Å². The molecular weight excluding hydrogens is 522 g/mol. The van der Waals surface area contributed by atoms with E-state index < -0.39 is 29.6 Å². The number of likely N-dealkylation sites (tertiary alicyclic amines) is 1. The fourth-order valence-corrected chi connectivity index (χ4v) is 7.28. The molecule has 4 aliphatic rings. The van der Waals surface area contributed by atoms with E-state index in [9.17, 15) is 29.1 Å². The first kappa shape index (κ1) is 26.9. The number of fused-ring (bicyclic) bond motifs is 4. The molecule has 6 rings (SSSR count). The highest BCUT2D eigenvalue weighted by Crippen LogP contribution is 2.56. The highest BCUT2D eigenvalue weighted by atomic mass is 16.4. The Balaban J connectivity index is 1.41. The van der Waals surface area contributed by atoms with Crippen molar-refractivity contribution in [1.29, 1.82) is 0 Å². The number of carboxylic acid groups (broad SMARTS) is 1. The van der Waals surface area contributed by atoms with Crippen molar-refractivity contribution in [1.82, 2.24) is 4.90 Å². The number of Topliss-reactive ketones (excluding diaryl/α,β-unsaturated/α-hetero) is 1. The molecule has 41 heavy (non-hydrogen) atoms. The quantitative estimate of drug-likeness (QED) is 0.222. The molecule has 8 heteroatoms. The minimum atomic E-state index is -0.870. The standard InChI is InChI=1S/C33H31NO7/c1-17-15-26(36)24-16-23-21(10-11-22-29(23)33(41)34(32(22)40)14-6-2-3-9-27(37)38)28(30(24)31(17)39)20-12-13-25(35)19-8-5-4-7-18(19)20/h4-5,7-8,10,12-13,15,22-23,28-29,35H,2-3,6,9,11,14,16H2,1H3,(H,37,38)/t22-,23+,28-,29-/m0/s1. The molecule has 4 atom stereocenters. The molecule has 210 valence electrons. The lowest BCUT2D eigenvalue weighted by molar-refractivity contribution is -0.141. The van der Waals surface area contributed by atoms with E-state index >= 15 is 0 Å². The molecule has 2 amide bonds. The molecule has 2 N–H and O–H groups in total. The van der Waals surface area contributed by atoms with Crippen molar-refractivity contribution in [3.8, 4) is 5.75 Å². The number of rotatable bonds is 7. The molecule has 0 radical (unpaired) electrons. The van der Waals surface area contributed by atoms with Gasteiger partial charge >= 0.3 is 5.97 Å². The SMILES string of the molecule is CC1=CC(=O)C2=C(C1=O)[C@@H](c1ccc(O)c3ccccc13)C1=CC[C@@H]3C(=O)N(CCCCCC(=O)O)C(=O)[C@@H]3[C@@H]1C2. The zero-order valence-electron chi connectivity index (χ0n) is 22.8. The molecule has 1 fully saturated rings. The maximum atomic E-state index is 13.8. The fourth-order valence-electron chi connectivity index (χ4n) is 7.28. The van der Waals surface area contributed by atoms with Crippen molar-refractivity contribution in [2.45, 2.75) is 51.4 Å². The van der Waals surface area contributed by atoms with Crippen LogP contribution in [0.15, 0.2) is 70.8 Å². The molecule has 0 aromatic heterocycles. The Hall–Kier alpha value is -4.33. The zero-order chi connectivity index (χ0) is 29.0. The van der Waals surface area contributed by atoms with Crippen molar-refractivity contribution in [2.24, 2.45) is 17.8 Å². The van der Waals surface area contributed by atoms with Crippen LogP contribution in [0.4, 0.5) is 0 Å². The van der Waals surface area contributed by atoms with Crippen molar-refractivity contribution in [2.75, 3.05) is 6.54 Å². The lowest BCUT2D eigenvalue weighted by atomic mass is 9.59. The maximum Gasteiger partial charge on any atom is 0.303 e. The summed E-state index contributed by atoms with van der Waals surface area (Å²) in [4.78, 5) is 66.4. The van der Waals surface area contributed by atoms with E-state index in [2.05, 4.69) is 0 Å². The Morgan fingerprint density at radius 2 is 1.71 bits per heavy atom. The number of imide groups is 1. The van der Waals surface area contributed by atoms with Gasteiger partial charge in [0.2, 0.25) is 11.8 Å². The van der Waals surface area contributed by atoms with E-state index in [0.717, 1.165) is 16.5 Å². The third-order valence-corrected chi connectivity index (χ3v) is 9.17. The number of ketones is 2. The summed E-state index contributed by atoms with van der Waals surface area (Å²) < 4.78 is 0. The molecule has 0 unspecified atom stereocenters. The van der Waals surface area contributed by atoms with Crippen LogP contribution >= 0.6 is 0 Å². The fraction of sp³-hybridized carbons (Fsp3) is 0.364. The predicted octanol–water partition coefficient (Wildman–Crippen LogP) is 4.62. The first-order valence-electron chi connectivity index (χ1n) is 14.2. The Morgan fingerprint density at radius 3 is 2.46 bits per heavy atom. The second kappa shape index (κ2) is 10.3. The molecule has 1 saturated heterocycles. The summed E-state index contributed by atoms with van der Waals surface area (Å²) in [5, 5.41) is 20.8. The number of amides is 2. The number of hydrogen-bond donors (Lipinski definition) is 2. The largest absolute Gasteiger partial charge is 0.507 e. The van der Waals surface area contributed by atoms with Gasteiger partial charge in [0.05, 0.1) is 11.8 Å².